The molecule has 1 fully saturated rings. The van der Waals surface area contributed by atoms with Crippen molar-refractivity contribution in [3.8, 4) is 0 Å². The van der Waals surface area contributed by atoms with Gasteiger partial charge >= 0.3 is 0 Å². The van der Waals surface area contributed by atoms with Gasteiger partial charge in [0.15, 0.2) is 0 Å². The summed E-state index contributed by atoms with van der Waals surface area (Å²) >= 11 is 1.53. The van der Waals surface area contributed by atoms with Crippen LogP contribution in [0, 0.1) is 0 Å². The first-order chi connectivity index (χ1) is 11.6. The number of amides is 2. The highest BCUT2D eigenvalue weighted by molar-refractivity contribution is 7.21. The molecule has 3 rings (SSSR count). The molecule has 2 amide bonds. The predicted molar refractivity (Wildman–Crippen MR) is 95.6 cm³/mol. The lowest BCUT2D eigenvalue weighted by Crippen LogP contribution is -2.28. The third-order valence-corrected chi connectivity index (χ3v) is 5.66. The number of ether oxygens (including phenoxy) is 1. The lowest BCUT2D eigenvalue weighted by atomic mass is 9.95. The van der Waals surface area contributed by atoms with Crippen LogP contribution in [0.25, 0.3) is 10.1 Å². The van der Waals surface area contributed by atoms with Crippen molar-refractivity contribution in [3.05, 3.63) is 34.7 Å². The summed E-state index contributed by atoms with van der Waals surface area (Å²) in [6.07, 6.45) is 0.901. The second-order valence-electron chi connectivity index (χ2n) is 6.04. The number of thiophene rings is 1. The number of benzene rings is 1. The van der Waals surface area contributed by atoms with Crippen LogP contribution in [0.15, 0.2) is 24.3 Å². The van der Waals surface area contributed by atoms with Crippen LogP contribution >= 0.6 is 11.3 Å². The van der Waals surface area contributed by atoms with E-state index in [1.165, 1.54) is 11.3 Å². The molecule has 0 spiro atoms. The molecule has 1 aromatic carbocycles. The van der Waals surface area contributed by atoms with Gasteiger partial charge in [-0.05, 0) is 23.4 Å². The van der Waals surface area contributed by atoms with E-state index in [1.54, 1.807) is 14.0 Å². The Hall–Kier alpha value is -1.92. The van der Waals surface area contributed by atoms with E-state index < -0.39 is 0 Å². The number of nitrogens with zero attached hydrogens (tertiary/aromatic N) is 1. The van der Waals surface area contributed by atoms with Gasteiger partial charge in [-0.25, -0.2) is 0 Å². The zero-order valence-electron chi connectivity index (χ0n) is 14.0. The van der Waals surface area contributed by atoms with Crippen LogP contribution in [-0.4, -0.2) is 50.1 Å². The van der Waals surface area contributed by atoms with Gasteiger partial charge in [-0.15, -0.1) is 11.3 Å². The Balaban J connectivity index is 1.94. The Morgan fingerprint density at radius 3 is 2.88 bits per heavy atom. The van der Waals surface area contributed by atoms with Crippen molar-refractivity contribution in [2.75, 3.05) is 33.4 Å². The zero-order chi connectivity index (χ0) is 17.1. The molecule has 0 radical (unpaired) electrons. The van der Waals surface area contributed by atoms with Crippen molar-refractivity contribution in [2.45, 2.75) is 19.3 Å². The molecule has 1 aliphatic heterocycles. The highest BCUT2D eigenvalue weighted by Crippen LogP contribution is 2.40. The second kappa shape index (κ2) is 7.32. The van der Waals surface area contributed by atoms with Gasteiger partial charge in [-0.2, -0.15) is 0 Å². The van der Waals surface area contributed by atoms with E-state index in [2.05, 4.69) is 11.4 Å². The standard InChI is InChI=1S/C18H22N2O3S/c1-12(21)20-9-7-13(11-20)16-14-5-3-4-6-15(14)24-17(16)18(22)19-8-10-23-2/h3-6,13H,7-11H2,1-2H3,(H,19,22)/t13-/m1/s1. The van der Waals surface area contributed by atoms with Crippen LogP contribution in [0.4, 0.5) is 0 Å². The fourth-order valence-electron chi connectivity index (χ4n) is 3.27. The van der Waals surface area contributed by atoms with Crippen LogP contribution in [0.1, 0.15) is 34.5 Å². The van der Waals surface area contributed by atoms with Crippen molar-refractivity contribution >= 4 is 33.2 Å². The minimum Gasteiger partial charge on any atom is -0.383 e. The summed E-state index contributed by atoms with van der Waals surface area (Å²) in [4.78, 5) is 26.9. The average molecular weight is 346 g/mol. The third kappa shape index (κ3) is 3.30. The molecule has 0 saturated carbocycles. The minimum atomic E-state index is -0.0514. The molecule has 1 aromatic heterocycles. The largest absolute Gasteiger partial charge is 0.383 e. The highest BCUT2D eigenvalue weighted by Gasteiger charge is 2.31. The van der Waals surface area contributed by atoms with Crippen molar-refractivity contribution in [1.82, 2.24) is 10.2 Å². The van der Waals surface area contributed by atoms with E-state index in [9.17, 15) is 9.59 Å². The summed E-state index contributed by atoms with van der Waals surface area (Å²) in [5.74, 6) is 0.265. The maximum absolute atomic E-state index is 12.6. The van der Waals surface area contributed by atoms with Crippen LogP contribution in [-0.2, 0) is 9.53 Å². The number of likely N-dealkylation sites (tertiary alicyclic amines) is 1. The molecule has 0 aliphatic carbocycles. The third-order valence-electron chi connectivity index (χ3n) is 4.47. The molecule has 1 atom stereocenters. The van der Waals surface area contributed by atoms with Gasteiger partial charge in [0.25, 0.3) is 5.91 Å². The molecule has 0 unspecified atom stereocenters. The van der Waals surface area contributed by atoms with Gasteiger partial charge in [0.05, 0.1) is 11.5 Å². The second-order valence-corrected chi connectivity index (χ2v) is 7.09. The van der Waals surface area contributed by atoms with Crippen LogP contribution in [0.3, 0.4) is 0 Å². The van der Waals surface area contributed by atoms with Crippen LogP contribution in [0.2, 0.25) is 0 Å². The Morgan fingerprint density at radius 2 is 2.17 bits per heavy atom. The molecule has 1 N–H and O–H groups in total. The van der Waals surface area contributed by atoms with Gasteiger partial charge in [-0.3, -0.25) is 9.59 Å². The van der Waals surface area contributed by atoms with E-state index in [0.29, 0.717) is 19.7 Å². The molecule has 1 saturated heterocycles. The first-order valence-corrected chi connectivity index (χ1v) is 8.97. The number of carbonyl (C=O) groups excluding carboxylic acids is 2. The first-order valence-electron chi connectivity index (χ1n) is 8.16. The zero-order valence-corrected chi connectivity index (χ0v) is 14.8. The normalized spacial score (nSPS) is 17.4. The minimum absolute atomic E-state index is 0.0514. The Bertz CT molecular complexity index is 756. The van der Waals surface area contributed by atoms with E-state index in [0.717, 1.165) is 33.5 Å². The van der Waals surface area contributed by atoms with Crippen molar-refractivity contribution in [3.63, 3.8) is 0 Å². The van der Waals surface area contributed by atoms with Crippen molar-refractivity contribution < 1.29 is 14.3 Å². The molecule has 6 heteroatoms. The van der Waals surface area contributed by atoms with Gasteiger partial charge in [0, 0.05) is 44.3 Å². The fourth-order valence-corrected chi connectivity index (χ4v) is 4.47. The Morgan fingerprint density at radius 1 is 1.38 bits per heavy atom. The number of fused-ring (bicyclic) bond motifs is 1. The van der Waals surface area contributed by atoms with Gasteiger partial charge in [0.2, 0.25) is 5.91 Å². The van der Waals surface area contributed by atoms with Gasteiger partial charge < -0.3 is 15.0 Å². The lowest BCUT2D eigenvalue weighted by molar-refractivity contribution is -0.127. The summed E-state index contributed by atoms with van der Waals surface area (Å²) in [7, 11) is 1.62. The molecule has 1 aliphatic rings. The molecular weight excluding hydrogens is 324 g/mol. The fraction of sp³-hybridized carbons (Fsp3) is 0.444. The van der Waals surface area contributed by atoms with Crippen molar-refractivity contribution in [1.29, 1.82) is 0 Å². The van der Waals surface area contributed by atoms with Crippen LogP contribution in [0.5, 0.6) is 0 Å². The summed E-state index contributed by atoms with van der Waals surface area (Å²) in [5.41, 5.74) is 1.09. The van der Waals surface area contributed by atoms with Crippen LogP contribution < -0.4 is 5.32 Å². The number of methoxy groups -OCH3 is 1. The molecule has 2 heterocycles. The lowest BCUT2D eigenvalue weighted by Gasteiger charge is -2.15. The molecular formula is C18H22N2O3S. The van der Waals surface area contributed by atoms with Crippen molar-refractivity contribution in [2.24, 2.45) is 0 Å². The average Bonchev–Trinajstić information content (AvgIpc) is 3.19. The quantitative estimate of drug-likeness (QED) is 0.847. The smallest absolute Gasteiger partial charge is 0.261 e. The molecule has 0 bridgehead atoms. The Labute approximate surface area is 145 Å². The summed E-state index contributed by atoms with van der Waals surface area (Å²) in [5, 5.41) is 4.06. The Kier molecular flexibility index (Phi) is 5.16. The van der Waals surface area contributed by atoms with E-state index in [-0.39, 0.29) is 17.7 Å². The number of rotatable bonds is 5. The number of carbonyl (C=O) groups is 2. The predicted octanol–water partition coefficient (Wildman–Crippen LogP) is 2.61. The number of hydrogen-bond donors (Lipinski definition) is 1. The monoisotopic (exact) mass is 346 g/mol. The number of nitrogens with one attached hydrogen (secondary N) is 1. The number of hydrogen-bond acceptors (Lipinski definition) is 4. The summed E-state index contributed by atoms with van der Waals surface area (Å²) in [6.45, 7) is 4.04. The van der Waals surface area contributed by atoms with Gasteiger partial charge in [-0.1, -0.05) is 18.2 Å². The SMILES string of the molecule is COCCNC(=O)c1sc2ccccc2c1[C@@H]1CCN(C(C)=O)C1. The molecule has 128 valence electrons. The molecule has 5 nitrogen and oxygen atoms in total. The first kappa shape index (κ1) is 16.9. The van der Waals surface area contributed by atoms with E-state index >= 15 is 0 Å². The summed E-state index contributed by atoms with van der Waals surface area (Å²) in [6, 6.07) is 8.12. The highest BCUT2D eigenvalue weighted by atomic mass is 32.1. The molecule has 2 aromatic rings. The molecule has 24 heavy (non-hydrogen) atoms. The van der Waals surface area contributed by atoms with Gasteiger partial charge in [0.1, 0.15) is 0 Å². The maximum atomic E-state index is 12.6. The topological polar surface area (TPSA) is 58.6 Å². The maximum Gasteiger partial charge on any atom is 0.261 e. The summed E-state index contributed by atoms with van der Waals surface area (Å²) < 4.78 is 6.12. The van der Waals surface area contributed by atoms with E-state index in [4.69, 9.17) is 4.74 Å². The van der Waals surface area contributed by atoms with E-state index in [1.807, 2.05) is 23.1 Å².